The highest BCUT2D eigenvalue weighted by atomic mass is 79.9. The molecule has 0 aliphatic rings. The van der Waals surface area contributed by atoms with Gasteiger partial charge in [0.05, 0.1) is 21.3 Å². The van der Waals surface area contributed by atoms with Crippen LogP contribution in [0.1, 0.15) is 13.8 Å². The van der Waals surface area contributed by atoms with Crippen LogP contribution in [0.15, 0.2) is 75.5 Å². The summed E-state index contributed by atoms with van der Waals surface area (Å²) in [6.45, 7) is 5.51. The van der Waals surface area contributed by atoms with Gasteiger partial charge in [0.25, 0.3) is 11.6 Å². The van der Waals surface area contributed by atoms with E-state index in [1.54, 1.807) is 18.2 Å². The van der Waals surface area contributed by atoms with Crippen LogP contribution in [0.25, 0.3) is 10.1 Å². The van der Waals surface area contributed by atoms with Crippen LogP contribution in [0.3, 0.4) is 0 Å². The summed E-state index contributed by atoms with van der Waals surface area (Å²) in [5.74, 6) is 0.240. The zero-order chi connectivity index (χ0) is 26.4. The number of rotatable bonds is 10. The largest absolute Gasteiger partial charge is 0.484 e. The Morgan fingerprint density at radius 3 is 2.62 bits per heavy atom. The van der Waals surface area contributed by atoms with Crippen LogP contribution in [-0.4, -0.2) is 34.9 Å². The molecule has 1 amide bonds. The fourth-order valence-electron chi connectivity index (χ4n) is 3.67. The number of hydrogen-bond acceptors (Lipinski definition) is 9. The topological polar surface area (TPSA) is 122 Å². The Kier molecular flexibility index (Phi) is 8.41. The first kappa shape index (κ1) is 26.2. The van der Waals surface area contributed by atoms with Gasteiger partial charge in [0.15, 0.2) is 6.61 Å². The number of carbonyl (C=O) groups excluding carboxylic acids is 1. The molecule has 10 nitrogen and oxygen atoms in total. The third-order valence-electron chi connectivity index (χ3n) is 5.50. The maximum absolute atomic E-state index is 12.7. The first-order valence-corrected chi connectivity index (χ1v) is 13.0. The van der Waals surface area contributed by atoms with Gasteiger partial charge in [0.2, 0.25) is 0 Å². The molecule has 1 N–H and O–H groups in total. The number of non-ortho nitro benzene ring substituents is 1. The third kappa shape index (κ3) is 6.09. The van der Waals surface area contributed by atoms with Gasteiger partial charge in [-0.15, -0.1) is 10.2 Å². The van der Waals surface area contributed by atoms with E-state index < -0.39 is 4.92 Å². The lowest BCUT2D eigenvalue weighted by atomic mass is 10.2. The number of anilines is 2. The summed E-state index contributed by atoms with van der Waals surface area (Å²) in [6, 6.07) is 16.0. The second kappa shape index (κ2) is 11.9. The van der Waals surface area contributed by atoms with Gasteiger partial charge in [-0.2, -0.15) is 4.37 Å². The van der Waals surface area contributed by atoms with Crippen molar-refractivity contribution in [1.82, 2.24) is 4.37 Å². The second-order valence-electron chi connectivity index (χ2n) is 7.78. The van der Waals surface area contributed by atoms with Crippen LogP contribution in [-0.2, 0) is 4.79 Å². The Balaban J connectivity index is 1.66. The first-order valence-electron chi connectivity index (χ1n) is 11.4. The molecule has 0 unspecified atom stereocenters. The van der Waals surface area contributed by atoms with Gasteiger partial charge in [-0.05, 0) is 71.6 Å². The number of hydrogen-bond donors (Lipinski definition) is 1. The molecule has 3 aromatic carbocycles. The average Bonchev–Trinajstić information content (AvgIpc) is 3.38. The highest BCUT2D eigenvalue weighted by molar-refractivity contribution is 9.10. The number of amides is 1. The lowest BCUT2D eigenvalue weighted by Gasteiger charge is -2.22. The number of nitrogens with zero attached hydrogens (tertiary/aromatic N) is 5. The average molecular weight is 583 g/mol. The maximum Gasteiger partial charge on any atom is 0.289 e. The van der Waals surface area contributed by atoms with Crippen molar-refractivity contribution in [3.8, 4) is 5.75 Å². The molecule has 0 atom stereocenters. The van der Waals surface area contributed by atoms with E-state index in [2.05, 4.69) is 54.6 Å². The molecule has 1 heterocycles. The Morgan fingerprint density at radius 1 is 1.16 bits per heavy atom. The molecule has 0 spiro atoms. The smallest absolute Gasteiger partial charge is 0.289 e. The molecule has 37 heavy (non-hydrogen) atoms. The Morgan fingerprint density at radius 2 is 1.92 bits per heavy atom. The standard InChI is InChI=1S/C25H23BrN6O4S/c1-3-31(4-2)16-10-11-20(21(12-16)28-23(33)15-36-17-8-6-5-7-9-17)29-30-24-18-14-27-37-25(18)22(32(34)35)13-19(24)26/h5-14H,3-4,15H2,1-2H3,(H,28,33). The molecular weight excluding hydrogens is 560 g/mol. The third-order valence-corrected chi connectivity index (χ3v) is 6.93. The fraction of sp³-hybridized carbons (Fsp3) is 0.200. The number of ether oxygens (including phenoxy) is 1. The molecule has 4 rings (SSSR count). The van der Waals surface area contributed by atoms with Crippen LogP contribution in [0.4, 0.5) is 28.4 Å². The van der Waals surface area contributed by atoms with E-state index in [0.29, 0.717) is 37.4 Å². The summed E-state index contributed by atoms with van der Waals surface area (Å²) in [7, 11) is 0. The van der Waals surface area contributed by atoms with Gasteiger partial charge in [-0.1, -0.05) is 18.2 Å². The van der Waals surface area contributed by atoms with E-state index in [4.69, 9.17) is 4.74 Å². The van der Waals surface area contributed by atoms with E-state index in [9.17, 15) is 14.9 Å². The van der Waals surface area contributed by atoms with E-state index in [1.165, 1.54) is 12.3 Å². The first-order chi connectivity index (χ1) is 17.9. The number of nitro groups is 1. The Bertz CT molecular complexity index is 1460. The van der Waals surface area contributed by atoms with Crippen molar-refractivity contribution in [1.29, 1.82) is 0 Å². The van der Waals surface area contributed by atoms with Gasteiger partial charge in [-0.25, -0.2) is 0 Å². The number of benzene rings is 3. The molecule has 190 valence electrons. The number of fused-ring (bicyclic) bond motifs is 1. The second-order valence-corrected chi connectivity index (χ2v) is 9.43. The molecule has 0 aliphatic heterocycles. The lowest BCUT2D eigenvalue weighted by Crippen LogP contribution is -2.23. The van der Waals surface area contributed by atoms with Crippen molar-refractivity contribution in [2.24, 2.45) is 10.2 Å². The molecule has 1 aromatic heterocycles. The number of azo groups is 1. The fourth-order valence-corrected chi connectivity index (χ4v) is 4.91. The van der Waals surface area contributed by atoms with Gasteiger partial charge in [0.1, 0.15) is 21.8 Å². The molecule has 0 saturated carbocycles. The van der Waals surface area contributed by atoms with Gasteiger partial charge in [0, 0.05) is 30.2 Å². The number of nitro benzene ring substituents is 1. The number of nitrogens with one attached hydrogen (secondary N) is 1. The van der Waals surface area contributed by atoms with Crippen LogP contribution >= 0.6 is 27.5 Å². The summed E-state index contributed by atoms with van der Waals surface area (Å²) in [5.41, 5.74) is 2.16. The minimum absolute atomic E-state index is 0.0572. The summed E-state index contributed by atoms with van der Waals surface area (Å²) in [6.07, 6.45) is 1.53. The predicted octanol–water partition coefficient (Wildman–Crippen LogP) is 7.25. The number of halogens is 1. The predicted molar refractivity (Wildman–Crippen MR) is 149 cm³/mol. The van der Waals surface area contributed by atoms with E-state index >= 15 is 0 Å². The zero-order valence-corrected chi connectivity index (χ0v) is 22.5. The van der Waals surface area contributed by atoms with Crippen LogP contribution in [0.2, 0.25) is 0 Å². The summed E-state index contributed by atoms with van der Waals surface area (Å²) in [4.78, 5) is 25.9. The Labute approximate surface area is 225 Å². The highest BCUT2D eigenvalue weighted by Gasteiger charge is 2.20. The van der Waals surface area contributed by atoms with Crippen molar-refractivity contribution in [2.75, 3.05) is 29.9 Å². The van der Waals surface area contributed by atoms with Crippen molar-refractivity contribution < 1.29 is 14.5 Å². The SMILES string of the molecule is CCN(CC)c1ccc(N=Nc2c(Br)cc([N+](=O)[O-])c3sncc23)c(NC(=O)COc2ccccc2)c1. The molecule has 0 aliphatic carbocycles. The molecule has 0 bridgehead atoms. The summed E-state index contributed by atoms with van der Waals surface area (Å²) < 4.78 is 10.5. The zero-order valence-electron chi connectivity index (χ0n) is 20.1. The van der Waals surface area contributed by atoms with Crippen LogP contribution < -0.4 is 15.0 Å². The van der Waals surface area contributed by atoms with Gasteiger partial charge >= 0.3 is 0 Å². The van der Waals surface area contributed by atoms with Gasteiger partial charge in [-0.3, -0.25) is 14.9 Å². The number of para-hydroxylation sites is 1. The normalized spacial score (nSPS) is 11.1. The highest BCUT2D eigenvalue weighted by Crippen LogP contribution is 2.42. The number of aromatic nitrogens is 1. The van der Waals surface area contributed by atoms with Crippen molar-refractivity contribution in [3.63, 3.8) is 0 Å². The van der Waals surface area contributed by atoms with E-state index in [-0.39, 0.29) is 18.2 Å². The molecule has 12 heteroatoms. The van der Waals surface area contributed by atoms with Crippen molar-refractivity contribution in [3.05, 3.63) is 75.4 Å². The minimum atomic E-state index is -0.455. The van der Waals surface area contributed by atoms with Crippen molar-refractivity contribution in [2.45, 2.75) is 13.8 Å². The molecule has 4 aromatic rings. The minimum Gasteiger partial charge on any atom is -0.484 e. The van der Waals surface area contributed by atoms with Crippen molar-refractivity contribution >= 4 is 71.9 Å². The number of carbonyl (C=O) groups is 1. The molecular formula is C25H23BrN6O4S. The van der Waals surface area contributed by atoms with Crippen LogP contribution in [0, 0.1) is 10.1 Å². The molecule has 0 radical (unpaired) electrons. The maximum atomic E-state index is 12.7. The Hall–Kier alpha value is -3.90. The van der Waals surface area contributed by atoms with E-state index in [0.717, 1.165) is 30.3 Å². The van der Waals surface area contributed by atoms with Crippen LogP contribution in [0.5, 0.6) is 5.75 Å². The monoisotopic (exact) mass is 582 g/mol. The summed E-state index contributed by atoms with van der Waals surface area (Å²) >= 11 is 4.39. The molecule has 0 saturated heterocycles. The quantitative estimate of drug-likeness (QED) is 0.119. The van der Waals surface area contributed by atoms with E-state index in [1.807, 2.05) is 30.3 Å². The lowest BCUT2D eigenvalue weighted by molar-refractivity contribution is -0.382. The molecule has 0 fully saturated rings. The summed E-state index contributed by atoms with van der Waals surface area (Å²) in [5, 5.41) is 23.6. The van der Waals surface area contributed by atoms with Gasteiger partial charge < -0.3 is 15.0 Å².